The molecular weight excluding hydrogens is 292 g/mol. The number of hydrogen-bond donors (Lipinski definition) is 0. The average molecular weight is 309 g/mol. The molecule has 6 nitrogen and oxygen atoms in total. The van der Waals surface area contributed by atoms with Crippen LogP contribution in [0.25, 0.3) is 0 Å². The third-order valence-corrected chi connectivity index (χ3v) is 4.34. The van der Waals surface area contributed by atoms with Gasteiger partial charge in [-0.25, -0.2) is 0 Å². The van der Waals surface area contributed by atoms with Crippen LogP contribution >= 0.6 is 11.6 Å². The molecule has 112 valence electrons. The number of carbonyl (C=O) groups excluding carboxylic acids is 1. The van der Waals surface area contributed by atoms with Gasteiger partial charge < -0.3 is 9.42 Å². The molecule has 1 aliphatic rings. The lowest BCUT2D eigenvalue weighted by atomic mass is 10.1. The number of aryl methyl sites for hydroxylation is 3. The number of rotatable bonds is 2. The maximum absolute atomic E-state index is 12.6. The van der Waals surface area contributed by atoms with Crippen molar-refractivity contribution >= 4 is 17.5 Å². The quantitative estimate of drug-likeness (QED) is 0.855. The second-order valence-electron chi connectivity index (χ2n) is 5.39. The third kappa shape index (κ3) is 2.33. The Morgan fingerprint density at radius 2 is 2.24 bits per heavy atom. The Hall–Kier alpha value is -1.82. The summed E-state index contributed by atoms with van der Waals surface area (Å²) in [5.41, 5.74) is 2.14. The van der Waals surface area contributed by atoms with Crippen molar-refractivity contribution in [1.82, 2.24) is 19.8 Å². The standard InChI is InChI=1S/C14H17ClN4O2/c1-8-7-10(17-21-8)14(20)19-6-4-5-11(19)12-9(2)16-18(3)13(12)15/h7,11H,4-6H2,1-3H3/t11-/m0/s1. The van der Waals surface area contributed by atoms with Crippen LogP contribution in [-0.4, -0.2) is 32.3 Å². The third-order valence-electron chi connectivity index (χ3n) is 3.89. The molecule has 0 spiro atoms. The zero-order valence-corrected chi connectivity index (χ0v) is 13.0. The molecular formula is C14H17ClN4O2. The van der Waals surface area contributed by atoms with Crippen LogP contribution in [0, 0.1) is 13.8 Å². The van der Waals surface area contributed by atoms with Gasteiger partial charge in [0.15, 0.2) is 5.69 Å². The molecule has 1 aliphatic heterocycles. The maximum Gasteiger partial charge on any atom is 0.276 e. The Bertz CT molecular complexity index is 691. The van der Waals surface area contributed by atoms with Crippen LogP contribution in [0.4, 0.5) is 0 Å². The summed E-state index contributed by atoms with van der Waals surface area (Å²) in [5.74, 6) is 0.512. The van der Waals surface area contributed by atoms with Gasteiger partial charge in [0.2, 0.25) is 0 Å². The van der Waals surface area contributed by atoms with Crippen molar-refractivity contribution in [1.29, 1.82) is 0 Å². The lowest BCUT2D eigenvalue weighted by molar-refractivity contribution is 0.0725. The monoisotopic (exact) mass is 308 g/mol. The van der Waals surface area contributed by atoms with Crippen LogP contribution in [0.15, 0.2) is 10.6 Å². The molecule has 3 heterocycles. The molecule has 21 heavy (non-hydrogen) atoms. The summed E-state index contributed by atoms with van der Waals surface area (Å²) in [6.45, 7) is 4.38. The van der Waals surface area contributed by atoms with Gasteiger partial charge in [-0.05, 0) is 26.7 Å². The van der Waals surface area contributed by atoms with E-state index in [0.717, 1.165) is 24.1 Å². The lowest BCUT2D eigenvalue weighted by Crippen LogP contribution is -2.31. The van der Waals surface area contributed by atoms with Crippen molar-refractivity contribution in [2.75, 3.05) is 6.54 Å². The molecule has 0 aliphatic carbocycles. The molecule has 2 aromatic heterocycles. The zero-order chi connectivity index (χ0) is 15.1. The summed E-state index contributed by atoms with van der Waals surface area (Å²) in [6, 6.07) is 1.62. The van der Waals surface area contributed by atoms with Crippen LogP contribution < -0.4 is 0 Å². The van der Waals surface area contributed by atoms with E-state index in [1.807, 2.05) is 11.8 Å². The number of carbonyl (C=O) groups is 1. The Labute approximate surface area is 127 Å². The molecule has 0 unspecified atom stereocenters. The zero-order valence-electron chi connectivity index (χ0n) is 12.3. The van der Waals surface area contributed by atoms with E-state index in [-0.39, 0.29) is 11.9 Å². The molecule has 0 N–H and O–H groups in total. The molecule has 0 saturated carbocycles. The molecule has 1 fully saturated rings. The second-order valence-corrected chi connectivity index (χ2v) is 5.75. The van der Waals surface area contributed by atoms with E-state index < -0.39 is 0 Å². The summed E-state index contributed by atoms with van der Waals surface area (Å²) in [6.07, 6.45) is 1.83. The average Bonchev–Trinajstić information content (AvgIpc) is 3.11. The van der Waals surface area contributed by atoms with E-state index in [1.54, 1.807) is 24.7 Å². The highest BCUT2D eigenvalue weighted by Crippen LogP contribution is 2.38. The van der Waals surface area contributed by atoms with E-state index in [1.165, 1.54) is 0 Å². The first kappa shape index (κ1) is 14.1. The van der Waals surface area contributed by atoms with Crippen molar-refractivity contribution in [3.63, 3.8) is 0 Å². The van der Waals surface area contributed by atoms with E-state index >= 15 is 0 Å². The molecule has 0 bridgehead atoms. The van der Waals surface area contributed by atoms with E-state index in [2.05, 4.69) is 10.3 Å². The smallest absolute Gasteiger partial charge is 0.276 e. The van der Waals surface area contributed by atoms with E-state index in [9.17, 15) is 4.79 Å². The summed E-state index contributed by atoms with van der Waals surface area (Å²) >= 11 is 6.34. The summed E-state index contributed by atoms with van der Waals surface area (Å²) in [4.78, 5) is 14.4. The van der Waals surface area contributed by atoms with Crippen molar-refractivity contribution < 1.29 is 9.32 Å². The Kier molecular flexibility index (Phi) is 3.49. The van der Waals surface area contributed by atoms with Crippen LogP contribution in [-0.2, 0) is 7.05 Å². The van der Waals surface area contributed by atoms with Crippen LogP contribution in [0.5, 0.6) is 0 Å². The second kappa shape index (κ2) is 5.18. The highest BCUT2D eigenvalue weighted by Gasteiger charge is 2.35. The number of aromatic nitrogens is 3. The van der Waals surface area contributed by atoms with Crippen molar-refractivity contribution in [3.8, 4) is 0 Å². The first-order valence-electron chi connectivity index (χ1n) is 6.92. The minimum absolute atomic E-state index is 0.0456. The van der Waals surface area contributed by atoms with Gasteiger partial charge in [-0.3, -0.25) is 9.48 Å². The largest absolute Gasteiger partial charge is 0.361 e. The highest BCUT2D eigenvalue weighted by molar-refractivity contribution is 6.30. The predicted octanol–water partition coefficient (Wildman–Crippen LogP) is 2.66. The van der Waals surface area contributed by atoms with Gasteiger partial charge in [0, 0.05) is 25.2 Å². The van der Waals surface area contributed by atoms with Gasteiger partial charge in [0.25, 0.3) is 5.91 Å². The number of hydrogen-bond acceptors (Lipinski definition) is 4. The molecule has 3 rings (SSSR count). The normalized spacial score (nSPS) is 18.5. The summed E-state index contributed by atoms with van der Waals surface area (Å²) in [7, 11) is 1.81. The summed E-state index contributed by atoms with van der Waals surface area (Å²) < 4.78 is 6.64. The fraction of sp³-hybridized carbons (Fsp3) is 0.500. The van der Waals surface area contributed by atoms with Gasteiger partial charge in [0.1, 0.15) is 10.9 Å². The Morgan fingerprint density at radius 3 is 2.81 bits per heavy atom. The van der Waals surface area contributed by atoms with Crippen LogP contribution in [0.1, 0.15) is 46.4 Å². The number of likely N-dealkylation sites (tertiary alicyclic amines) is 1. The molecule has 2 aromatic rings. The minimum atomic E-state index is -0.117. The van der Waals surface area contributed by atoms with Gasteiger partial charge in [-0.2, -0.15) is 5.10 Å². The van der Waals surface area contributed by atoms with Crippen LogP contribution in [0.2, 0.25) is 5.15 Å². The Morgan fingerprint density at radius 1 is 1.48 bits per heavy atom. The van der Waals surface area contributed by atoms with E-state index in [0.29, 0.717) is 23.2 Å². The van der Waals surface area contributed by atoms with Gasteiger partial charge in [-0.1, -0.05) is 16.8 Å². The maximum atomic E-state index is 12.6. The fourth-order valence-corrected chi connectivity index (χ4v) is 3.25. The molecule has 7 heteroatoms. The first-order chi connectivity index (χ1) is 9.99. The van der Waals surface area contributed by atoms with Crippen molar-refractivity contribution in [2.45, 2.75) is 32.7 Å². The number of halogens is 1. The first-order valence-corrected chi connectivity index (χ1v) is 7.30. The predicted molar refractivity (Wildman–Crippen MR) is 77.2 cm³/mol. The van der Waals surface area contributed by atoms with Crippen LogP contribution in [0.3, 0.4) is 0 Å². The molecule has 1 atom stereocenters. The highest BCUT2D eigenvalue weighted by atomic mass is 35.5. The lowest BCUT2D eigenvalue weighted by Gasteiger charge is -2.24. The topological polar surface area (TPSA) is 64.2 Å². The van der Waals surface area contributed by atoms with Gasteiger partial charge >= 0.3 is 0 Å². The van der Waals surface area contributed by atoms with Crippen molar-refractivity contribution in [3.05, 3.63) is 33.9 Å². The molecule has 0 radical (unpaired) electrons. The van der Waals surface area contributed by atoms with Gasteiger partial charge in [-0.15, -0.1) is 0 Å². The van der Waals surface area contributed by atoms with Gasteiger partial charge in [0.05, 0.1) is 11.7 Å². The molecule has 0 aromatic carbocycles. The SMILES string of the molecule is Cc1cc(C(=O)N2CCC[C@H]2c2c(C)nn(C)c2Cl)no1. The Balaban J connectivity index is 1.94. The number of nitrogens with zero attached hydrogens (tertiary/aromatic N) is 4. The molecule has 1 saturated heterocycles. The molecule has 1 amide bonds. The van der Waals surface area contributed by atoms with E-state index in [4.69, 9.17) is 16.1 Å². The minimum Gasteiger partial charge on any atom is -0.361 e. The fourth-order valence-electron chi connectivity index (χ4n) is 2.95. The summed E-state index contributed by atoms with van der Waals surface area (Å²) in [5, 5.41) is 8.75. The number of amides is 1. The van der Waals surface area contributed by atoms with Crippen molar-refractivity contribution in [2.24, 2.45) is 7.05 Å².